The van der Waals surface area contributed by atoms with Crippen LogP contribution in [0, 0.1) is 6.92 Å². The molecule has 178 valence electrons. The van der Waals surface area contributed by atoms with Crippen LogP contribution in [0.4, 0.5) is 14.6 Å². The van der Waals surface area contributed by atoms with E-state index in [1.165, 1.54) is 12.1 Å². The zero-order chi connectivity index (χ0) is 24.1. The Morgan fingerprint density at radius 1 is 1.03 bits per heavy atom. The highest BCUT2D eigenvalue weighted by Crippen LogP contribution is 2.52. The van der Waals surface area contributed by atoms with Crippen molar-refractivity contribution < 1.29 is 30.7 Å². The van der Waals surface area contributed by atoms with Crippen LogP contribution in [0.3, 0.4) is 0 Å². The third-order valence-corrected chi connectivity index (χ3v) is 6.10. The number of carbonyl (C=O) groups excluding carboxylic acids is 2. The van der Waals surface area contributed by atoms with Gasteiger partial charge in [-0.2, -0.15) is 0 Å². The van der Waals surface area contributed by atoms with Crippen molar-refractivity contribution in [3.05, 3.63) is 71.3 Å². The first-order chi connectivity index (χ1) is 16.2. The molecule has 1 aliphatic carbocycles. The van der Waals surface area contributed by atoms with Crippen molar-refractivity contribution in [2.24, 2.45) is 0 Å². The molecule has 0 spiro atoms. The molecule has 2 N–H and O–H groups in total. The van der Waals surface area contributed by atoms with Crippen molar-refractivity contribution in [3.63, 3.8) is 0 Å². The van der Waals surface area contributed by atoms with Gasteiger partial charge < -0.3 is 20.1 Å². The molecule has 0 unspecified atom stereocenters. The van der Waals surface area contributed by atoms with E-state index >= 15 is 0 Å². The normalized spacial score (nSPS) is 16.6. The Balaban J connectivity index is 0.00000180. The Labute approximate surface area is 197 Å². The number of aryl methyl sites for hydroxylation is 1. The maximum Gasteiger partial charge on any atom is 0.586 e. The van der Waals surface area contributed by atoms with Gasteiger partial charge in [-0.25, -0.2) is 4.98 Å². The Bertz CT molecular complexity index is 1330. The third-order valence-electron chi connectivity index (χ3n) is 6.10. The Hall–Kier alpha value is -4.01. The van der Waals surface area contributed by atoms with Crippen LogP contribution in [-0.2, 0) is 10.2 Å². The second-order valence-corrected chi connectivity index (χ2v) is 8.39. The molecule has 0 atom stereocenters. The quantitative estimate of drug-likeness (QED) is 0.555. The zero-order valence-electron chi connectivity index (χ0n) is 18.4. The minimum Gasteiger partial charge on any atom is -0.395 e. The van der Waals surface area contributed by atoms with E-state index in [1.807, 2.05) is 19.1 Å². The first kappa shape index (κ1) is 21.8. The summed E-state index contributed by atoms with van der Waals surface area (Å²) in [6, 6.07) is 15.0. The van der Waals surface area contributed by atoms with Gasteiger partial charge in [0.2, 0.25) is 5.91 Å². The molecule has 0 radical (unpaired) electrons. The minimum atomic E-state index is -3.71. The fraction of sp³-hybridized carbons (Fsp3) is 0.240. The number of ether oxygens (including phenoxy) is 2. The number of halogens is 2. The van der Waals surface area contributed by atoms with Crippen LogP contribution in [0.5, 0.6) is 11.5 Å². The van der Waals surface area contributed by atoms with Crippen molar-refractivity contribution >= 4 is 17.6 Å². The van der Waals surface area contributed by atoms with Gasteiger partial charge in [0.1, 0.15) is 5.82 Å². The number of fused-ring (bicyclic) bond motifs is 1. The average Bonchev–Trinajstić information content (AvgIpc) is 3.57. The molecule has 0 bridgehead atoms. The summed E-state index contributed by atoms with van der Waals surface area (Å²) in [4.78, 5) is 29.8. The standard InChI is InChI=1S/C25H21F2N3O4.2H2/c1-14-6-9-20(29-21(14)15-4-3-5-16(12-15)22(31)28-2)30-23(32)24(10-11-24)17-7-8-18-19(13-17)34-25(26,27)33-18;;/h3-9,12-13H,10-11H2,1-2H3,(H,28,31)(H,29,30,32);2*1H. The van der Waals surface area contributed by atoms with Crippen molar-refractivity contribution in [3.8, 4) is 22.8 Å². The lowest BCUT2D eigenvalue weighted by atomic mass is 9.94. The Kier molecular flexibility index (Phi) is 5.00. The van der Waals surface area contributed by atoms with Gasteiger partial charge in [0.05, 0.1) is 11.1 Å². The topological polar surface area (TPSA) is 89.6 Å². The summed E-state index contributed by atoms with van der Waals surface area (Å²) in [6.45, 7) is 1.89. The third kappa shape index (κ3) is 3.83. The first-order valence-corrected chi connectivity index (χ1v) is 10.7. The van der Waals surface area contributed by atoms with E-state index < -0.39 is 11.7 Å². The molecule has 5 rings (SSSR count). The van der Waals surface area contributed by atoms with Gasteiger partial charge in [0.15, 0.2) is 11.5 Å². The van der Waals surface area contributed by atoms with Crippen molar-refractivity contribution in [1.29, 1.82) is 0 Å². The first-order valence-electron chi connectivity index (χ1n) is 10.7. The lowest BCUT2D eigenvalue weighted by molar-refractivity contribution is -0.286. The molecule has 0 saturated heterocycles. The zero-order valence-corrected chi connectivity index (χ0v) is 18.4. The molecule has 1 aliphatic heterocycles. The van der Waals surface area contributed by atoms with Crippen LogP contribution < -0.4 is 20.1 Å². The fourth-order valence-corrected chi connectivity index (χ4v) is 4.10. The van der Waals surface area contributed by atoms with E-state index in [2.05, 4.69) is 25.1 Å². The van der Waals surface area contributed by atoms with Gasteiger partial charge >= 0.3 is 6.29 Å². The molecule has 2 aromatic carbocycles. The van der Waals surface area contributed by atoms with E-state index in [4.69, 9.17) is 0 Å². The largest absolute Gasteiger partial charge is 0.586 e. The van der Waals surface area contributed by atoms with Gasteiger partial charge in [-0.15, -0.1) is 8.78 Å². The highest BCUT2D eigenvalue weighted by molar-refractivity contribution is 6.01. The Morgan fingerprint density at radius 3 is 2.53 bits per heavy atom. The molecular formula is C25H25F2N3O4. The fourth-order valence-electron chi connectivity index (χ4n) is 4.10. The summed E-state index contributed by atoms with van der Waals surface area (Å²) < 4.78 is 35.7. The van der Waals surface area contributed by atoms with Crippen molar-refractivity contribution in [2.45, 2.75) is 31.5 Å². The summed E-state index contributed by atoms with van der Waals surface area (Å²) in [7, 11) is 1.56. The van der Waals surface area contributed by atoms with Crippen molar-refractivity contribution in [2.75, 3.05) is 12.4 Å². The number of alkyl halides is 2. The smallest absolute Gasteiger partial charge is 0.395 e. The maximum atomic E-state index is 13.4. The lowest BCUT2D eigenvalue weighted by Gasteiger charge is -2.17. The number of aromatic nitrogens is 1. The van der Waals surface area contributed by atoms with Gasteiger partial charge in [-0.3, -0.25) is 9.59 Å². The minimum absolute atomic E-state index is 0. The summed E-state index contributed by atoms with van der Waals surface area (Å²) >= 11 is 0. The average molecular weight is 469 g/mol. The summed E-state index contributed by atoms with van der Waals surface area (Å²) in [5, 5.41) is 5.46. The molecule has 7 nitrogen and oxygen atoms in total. The van der Waals surface area contributed by atoms with Crippen LogP contribution in [-0.4, -0.2) is 30.1 Å². The van der Waals surface area contributed by atoms with Crippen LogP contribution in [0.2, 0.25) is 0 Å². The van der Waals surface area contributed by atoms with E-state index in [0.717, 1.165) is 11.1 Å². The number of nitrogens with one attached hydrogen (secondary N) is 2. The molecule has 2 amide bonds. The van der Waals surface area contributed by atoms with Gasteiger partial charge in [0.25, 0.3) is 5.91 Å². The van der Waals surface area contributed by atoms with Crippen LogP contribution in [0.15, 0.2) is 54.6 Å². The second kappa shape index (κ2) is 7.79. The highest BCUT2D eigenvalue weighted by Gasteiger charge is 2.53. The van der Waals surface area contributed by atoms with E-state index in [0.29, 0.717) is 35.5 Å². The highest BCUT2D eigenvalue weighted by atomic mass is 19.3. The summed E-state index contributed by atoms with van der Waals surface area (Å²) in [6.07, 6.45) is -2.57. The predicted octanol–water partition coefficient (Wildman–Crippen LogP) is 4.90. The molecule has 34 heavy (non-hydrogen) atoms. The molecule has 1 saturated carbocycles. The van der Waals surface area contributed by atoms with Crippen LogP contribution >= 0.6 is 0 Å². The second-order valence-electron chi connectivity index (χ2n) is 8.39. The number of pyridine rings is 1. The van der Waals surface area contributed by atoms with E-state index in [-0.39, 0.29) is 26.2 Å². The summed E-state index contributed by atoms with van der Waals surface area (Å²) in [5.74, 6) is -0.280. The number of benzene rings is 2. The SMILES string of the molecule is CNC(=O)c1cccc(-c2nc(NC(=O)C3(c4ccc5c(c4)OC(F)(F)O5)CC3)ccc2C)c1.[HH].[HH]. The number of rotatable bonds is 5. The monoisotopic (exact) mass is 469 g/mol. The molecule has 1 fully saturated rings. The van der Waals surface area contributed by atoms with Crippen LogP contribution in [0.1, 0.15) is 37.2 Å². The molecular weight excluding hydrogens is 444 g/mol. The van der Waals surface area contributed by atoms with Crippen molar-refractivity contribution in [1.82, 2.24) is 10.3 Å². The molecule has 3 aromatic rings. The van der Waals surface area contributed by atoms with Gasteiger partial charge in [-0.1, -0.05) is 24.3 Å². The number of hydrogen-bond donors (Lipinski definition) is 2. The van der Waals surface area contributed by atoms with Gasteiger partial charge in [-0.05, 0) is 61.2 Å². The molecule has 1 aromatic heterocycles. The number of amides is 2. The van der Waals surface area contributed by atoms with Crippen LogP contribution in [0.25, 0.3) is 11.3 Å². The number of carbonyl (C=O) groups is 2. The molecule has 9 heteroatoms. The maximum absolute atomic E-state index is 13.4. The number of hydrogen-bond acceptors (Lipinski definition) is 5. The molecule has 2 aliphatic rings. The predicted molar refractivity (Wildman–Crippen MR) is 124 cm³/mol. The van der Waals surface area contributed by atoms with Gasteiger partial charge in [0, 0.05) is 21.0 Å². The van der Waals surface area contributed by atoms with E-state index in [1.54, 1.807) is 37.4 Å². The Morgan fingerprint density at radius 2 is 1.79 bits per heavy atom. The number of anilines is 1. The van der Waals surface area contributed by atoms with E-state index in [9.17, 15) is 18.4 Å². The lowest BCUT2D eigenvalue weighted by Crippen LogP contribution is -2.28. The summed E-state index contributed by atoms with van der Waals surface area (Å²) in [5.41, 5.74) is 2.50. The number of nitrogens with zero attached hydrogens (tertiary/aromatic N) is 1. The molecule has 2 heterocycles.